The van der Waals surface area contributed by atoms with Crippen molar-refractivity contribution < 1.29 is 19.3 Å². The minimum atomic E-state index is -3.59. The molecule has 0 saturated heterocycles. The highest BCUT2D eigenvalue weighted by Gasteiger charge is 2.40. The van der Waals surface area contributed by atoms with Crippen LogP contribution in [0.4, 0.5) is 0 Å². The van der Waals surface area contributed by atoms with E-state index < -0.39 is 7.37 Å². The van der Waals surface area contributed by atoms with E-state index in [-0.39, 0.29) is 16.8 Å². The number of aryl methyl sites for hydroxylation is 1. The summed E-state index contributed by atoms with van der Waals surface area (Å²) in [5.74, 6) is 0.320. The molecule has 4 nitrogen and oxygen atoms in total. The number of phenols is 2. The highest BCUT2D eigenvalue weighted by molar-refractivity contribution is 7.75. The third kappa shape index (κ3) is 2.04. The number of fused-ring (bicyclic) bond motifs is 3. The van der Waals surface area contributed by atoms with Crippen LogP contribution < -0.4 is 15.1 Å². The lowest BCUT2D eigenvalue weighted by Crippen LogP contribution is -2.25. The summed E-state index contributed by atoms with van der Waals surface area (Å²) in [4.78, 5) is 0. The van der Waals surface area contributed by atoms with Crippen LogP contribution >= 0.6 is 7.37 Å². The van der Waals surface area contributed by atoms with Crippen LogP contribution in [0.3, 0.4) is 0 Å². The van der Waals surface area contributed by atoms with Gasteiger partial charge in [-0.25, -0.2) is 0 Å². The Labute approximate surface area is 139 Å². The highest BCUT2D eigenvalue weighted by Crippen LogP contribution is 2.55. The molecule has 4 rings (SSSR count). The van der Waals surface area contributed by atoms with Gasteiger partial charge < -0.3 is 14.7 Å². The van der Waals surface area contributed by atoms with Gasteiger partial charge in [-0.15, -0.1) is 0 Å². The second kappa shape index (κ2) is 5.15. The second-order valence-electron chi connectivity index (χ2n) is 5.79. The Bertz CT molecular complexity index is 1010. The van der Waals surface area contributed by atoms with Gasteiger partial charge in [-0.1, -0.05) is 36.4 Å². The highest BCUT2D eigenvalue weighted by atomic mass is 31.2. The number of phenolic OH excluding ortho intramolecular Hbond substituents is 2. The predicted octanol–water partition coefficient (Wildman–Crippen LogP) is 3.69. The van der Waals surface area contributed by atoms with E-state index in [1.807, 2.05) is 30.3 Å². The van der Waals surface area contributed by atoms with E-state index in [2.05, 4.69) is 0 Å². The van der Waals surface area contributed by atoms with Crippen LogP contribution in [0.2, 0.25) is 0 Å². The largest absolute Gasteiger partial charge is 0.508 e. The molecule has 1 aliphatic rings. The van der Waals surface area contributed by atoms with E-state index in [4.69, 9.17) is 4.52 Å². The molecular weight excluding hydrogens is 323 g/mol. The SMILES string of the molecule is Cc1cc(O)cc(P2(=O)Oc3ccccc3-c3ccccc32)c1O. The zero-order chi connectivity index (χ0) is 16.9. The predicted molar refractivity (Wildman–Crippen MR) is 93.9 cm³/mol. The Morgan fingerprint density at radius 2 is 1.54 bits per heavy atom. The van der Waals surface area contributed by atoms with Crippen LogP contribution in [0, 0.1) is 6.92 Å². The molecule has 5 heteroatoms. The van der Waals surface area contributed by atoms with E-state index in [0.29, 0.717) is 16.6 Å². The van der Waals surface area contributed by atoms with Gasteiger partial charge >= 0.3 is 7.37 Å². The first-order valence-corrected chi connectivity index (χ1v) is 9.15. The zero-order valence-corrected chi connectivity index (χ0v) is 13.8. The Balaban J connectivity index is 2.06. The molecule has 0 aromatic heterocycles. The van der Waals surface area contributed by atoms with E-state index in [9.17, 15) is 14.8 Å². The van der Waals surface area contributed by atoms with Crippen LogP contribution in [0.1, 0.15) is 5.56 Å². The Hall–Kier alpha value is -2.71. The number of aromatic hydroxyl groups is 2. The summed E-state index contributed by atoms with van der Waals surface area (Å²) in [7, 11) is -3.59. The van der Waals surface area contributed by atoms with Crippen LogP contribution in [0.25, 0.3) is 11.1 Å². The van der Waals surface area contributed by atoms with Gasteiger partial charge in [0.05, 0.1) is 10.6 Å². The number of rotatable bonds is 1. The summed E-state index contributed by atoms with van der Waals surface area (Å²) in [5, 5.41) is 21.0. The van der Waals surface area contributed by atoms with Gasteiger partial charge in [-0.2, -0.15) is 0 Å². The lowest BCUT2D eigenvalue weighted by atomic mass is 10.0. The van der Waals surface area contributed by atoms with Gasteiger partial charge in [0, 0.05) is 5.56 Å². The molecule has 0 fully saturated rings. The number of benzene rings is 3. The van der Waals surface area contributed by atoms with Crippen molar-refractivity contribution in [2.75, 3.05) is 0 Å². The fourth-order valence-corrected chi connectivity index (χ4v) is 5.50. The number of para-hydroxylation sites is 1. The maximum Gasteiger partial charge on any atom is 0.311 e. The Morgan fingerprint density at radius 1 is 0.875 bits per heavy atom. The summed E-state index contributed by atoms with van der Waals surface area (Å²) in [5.41, 5.74) is 2.11. The minimum absolute atomic E-state index is 0.0598. The van der Waals surface area contributed by atoms with Gasteiger partial charge in [0.1, 0.15) is 17.2 Å². The molecule has 0 aliphatic carbocycles. The Morgan fingerprint density at radius 3 is 2.33 bits per heavy atom. The smallest absolute Gasteiger partial charge is 0.311 e. The van der Waals surface area contributed by atoms with Crippen molar-refractivity contribution in [3.05, 3.63) is 66.2 Å². The molecule has 3 aromatic carbocycles. The van der Waals surface area contributed by atoms with Crippen molar-refractivity contribution in [2.45, 2.75) is 6.92 Å². The van der Waals surface area contributed by atoms with Crippen LogP contribution in [0.5, 0.6) is 17.2 Å². The summed E-state index contributed by atoms with van der Waals surface area (Å²) in [6.45, 7) is 1.65. The van der Waals surface area contributed by atoms with Gasteiger partial charge in [0.15, 0.2) is 0 Å². The summed E-state index contributed by atoms with van der Waals surface area (Å²) in [6.07, 6.45) is 0. The average Bonchev–Trinajstić information content (AvgIpc) is 2.58. The number of hydrogen-bond acceptors (Lipinski definition) is 4. The van der Waals surface area contributed by atoms with Gasteiger partial charge in [-0.05, 0) is 42.3 Å². The fraction of sp³-hybridized carbons (Fsp3) is 0.0526. The lowest BCUT2D eigenvalue weighted by molar-refractivity contribution is 0.456. The van der Waals surface area contributed by atoms with Gasteiger partial charge in [-0.3, -0.25) is 4.57 Å². The van der Waals surface area contributed by atoms with E-state index in [1.165, 1.54) is 12.1 Å². The van der Waals surface area contributed by atoms with Gasteiger partial charge in [0.25, 0.3) is 0 Å². The third-order valence-corrected chi connectivity index (χ3v) is 6.66. The molecule has 120 valence electrons. The van der Waals surface area contributed by atoms with E-state index >= 15 is 0 Å². The molecule has 0 radical (unpaired) electrons. The summed E-state index contributed by atoms with van der Waals surface area (Å²) in [6, 6.07) is 17.4. The molecule has 3 aromatic rings. The van der Waals surface area contributed by atoms with Crippen LogP contribution in [0.15, 0.2) is 60.7 Å². The van der Waals surface area contributed by atoms with Crippen molar-refractivity contribution in [1.29, 1.82) is 0 Å². The first-order chi connectivity index (χ1) is 11.5. The maximum atomic E-state index is 13.9. The van der Waals surface area contributed by atoms with Crippen molar-refractivity contribution in [3.63, 3.8) is 0 Å². The molecular formula is C19H15O4P. The molecule has 0 saturated carbocycles. The quantitative estimate of drug-likeness (QED) is 0.524. The maximum absolute atomic E-state index is 13.9. The fourth-order valence-electron chi connectivity index (χ4n) is 3.06. The topological polar surface area (TPSA) is 66.8 Å². The first-order valence-electron chi connectivity index (χ1n) is 7.52. The molecule has 1 unspecified atom stereocenters. The van der Waals surface area contributed by atoms with Crippen molar-refractivity contribution >= 4 is 18.0 Å². The second-order valence-corrected chi connectivity index (χ2v) is 8.04. The van der Waals surface area contributed by atoms with Crippen molar-refractivity contribution in [2.24, 2.45) is 0 Å². The molecule has 1 atom stereocenters. The summed E-state index contributed by atoms with van der Waals surface area (Å²) >= 11 is 0. The first kappa shape index (κ1) is 14.9. The van der Waals surface area contributed by atoms with Crippen LogP contribution in [-0.4, -0.2) is 10.2 Å². The lowest BCUT2D eigenvalue weighted by Gasteiger charge is -2.29. The molecule has 0 spiro atoms. The molecule has 24 heavy (non-hydrogen) atoms. The Kier molecular flexibility index (Phi) is 3.19. The van der Waals surface area contributed by atoms with Crippen molar-refractivity contribution in [3.8, 4) is 28.4 Å². The minimum Gasteiger partial charge on any atom is -0.508 e. The third-order valence-electron chi connectivity index (χ3n) is 4.21. The monoisotopic (exact) mass is 338 g/mol. The standard InChI is InChI=1S/C19H15O4P/c1-12-10-13(20)11-18(19(12)21)24(22)17-9-5-3-7-15(17)14-6-2-4-8-16(14)23-24/h2-11,20-21H,1H3. The molecule has 1 aliphatic heterocycles. The van der Waals surface area contributed by atoms with Crippen LogP contribution in [-0.2, 0) is 4.57 Å². The summed E-state index contributed by atoms with van der Waals surface area (Å²) < 4.78 is 19.8. The molecule has 0 bridgehead atoms. The number of hydrogen-bond donors (Lipinski definition) is 2. The van der Waals surface area contributed by atoms with Crippen molar-refractivity contribution in [1.82, 2.24) is 0 Å². The normalized spacial score (nSPS) is 18.4. The average molecular weight is 338 g/mol. The zero-order valence-electron chi connectivity index (χ0n) is 12.9. The van der Waals surface area contributed by atoms with Gasteiger partial charge in [0.2, 0.25) is 0 Å². The molecule has 1 heterocycles. The van der Waals surface area contributed by atoms with E-state index in [1.54, 1.807) is 25.1 Å². The molecule has 2 N–H and O–H groups in total. The van der Waals surface area contributed by atoms with E-state index in [0.717, 1.165) is 11.1 Å². The molecule has 0 amide bonds.